The first-order valence-corrected chi connectivity index (χ1v) is 17.1. The predicted molar refractivity (Wildman–Crippen MR) is 184 cm³/mol. The van der Waals surface area contributed by atoms with Gasteiger partial charge in [-0.15, -0.1) is 0 Å². The van der Waals surface area contributed by atoms with E-state index in [4.69, 9.17) is 11.6 Å². The van der Waals surface area contributed by atoms with Crippen LogP contribution in [0.25, 0.3) is 11.3 Å². The maximum Gasteiger partial charge on any atom is 0.274 e. The van der Waals surface area contributed by atoms with Gasteiger partial charge in [0.25, 0.3) is 11.8 Å². The molecule has 232 valence electrons. The van der Waals surface area contributed by atoms with E-state index in [2.05, 4.69) is 92.2 Å². The zero-order valence-corrected chi connectivity index (χ0v) is 29.6. The molecule has 0 spiro atoms. The number of carbonyl (C=O) groups is 2. The van der Waals surface area contributed by atoms with Gasteiger partial charge in [0.2, 0.25) is 0 Å². The summed E-state index contributed by atoms with van der Waals surface area (Å²) < 4.78 is 6.03. The molecule has 0 saturated heterocycles. The molecule has 0 N–H and O–H groups in total. The first-order chi connectivity index (χ1) is 22.2. The largest absolute Gasteiger partial charge is 0.333 e. The molecule has 8 rings (SSSR count). The molecule has 0 aliphatic carbocycles. The Hall–Kier alpha value is -3.65. The number of benzene rings is 2. The predicted octanol–water partition coefficient (Wildman–Crippen LogP) is 6.80. The molecule has 2 aliphatic rings. The molecule has 2 aromatic carbocycles. The first kappa shape index (κ1) is 31.0. The third-order valence-electron chi connectivity index (χ3n) is 7.94. The van der Waals surface area contributed by atoms with Crippen LogP contribution in [-0.4, -0.2) is 63.9 Å². The van der Waals surface area contributed by atoms with Crippen LogP contribution in [0.5, 0.6) is 0 Å². The van der Waals surface area contributed by atoms with E-state index in [1.54, 1.807) is 41.4 Å². The number of hydrogen-bond donors (Lipinski definition) is 0. The number of carbonyl (C=O) groups excluding carboxylic acids is 2. The average molecular weight is 828 g/mol. The molecule has 4 aromatic heterocycles. The van der Waals surface area contributed by atoms with Gasteiger partial charge in [0.1, 0.15) is 0 Å². The van der Waals surface area contributed by atoms with Crippen molar-refractivity contribution in [2.45, 2.75) is 25.9 Å². The minimum atomic E-state index is -0.0859. The maximum absolute atomic E-state index is 12.7. The fraction of sp³-hybridized carbons (Fsp3) is 0.188. The van der Waals surface area contributed by atoms with Crippen LogP contribution in [0.2, 0.25) is 5.02 Å². The Bertz CT molecular complexity index is 2000. The third-order valence-corrected chi connectivity index (χ3v) is 9.53. The van der Waals surface area contributed by atoms with Gasteiger partial charge < -0.3 is 9.80 Å². The van der Waals surface area contributed by atoms with Crippen molar-refractivity contribution in [1.29, 1.82) is 0 Å². The quantitative estimate of drug-likeness (QED) is 0.191. The standard InChI is InChI=1S/C16H12Br2N4O.C16H12BrClN4O/c2*17-12-2-1-10-3-4-21(8-11(10)5-12)16(23)14-6-15-19-7-13(18)9-22(15)20-14/h2*1-2,5-7,9H,3-4,8H2. The molecule has 0 saturated carbocycles. The van der Waals surface area contributed by atoms with Gasteiger partial charge in [-0.2, -0.15) is 10.2 Å². The number of hydrogen-bond acceptors (Lipinski definition) is 6. The van der Waals surface area contributed by atoms with Gasteiger partial charge in [-0.25, -0.2) is 19.0 Å². The summed E-state index contributed by atoms with van der Waals surface area (Å²) in [5.74, 6) is -0.144. The van der Waals surface area contributed by atoms with Gasteiger partial charge in [-0.1, -0.05) is 55.6 Å². The van der Waals surface area contributed by atoms with Gasteiger partial charge in [0.15, 0.2) is 22.7 Å². The van der Waals surface area contributed by atoms with Gasteiger partial charge in [0.05, 0.1) is 15.7 Å². The second-order valence-electron chi connectivity index (χ2n) is 11.0. The summed E-state index contributed by atoms with van der Waals surface area (Å²) in [6, 6.07) is 15.9. The number of fused-ring (bicyclic) bond motifs is 4. The number of aromatic nitrogens is 6. The summed E-state index contributed by atoms with van der Waals surface area (Å²) in [5, 5.41) is 9.12. The molecule has 6 aromatic rings. The van der Waals surface area contributed by atoms with E-state index in [-0.39, 0.29) is 11.8 Å². The molecule has 0 radical (unpaired) electrons. The Morgan fingerprint density at radius 1 is 0.630 bits per heavy atom. The van der Waals surface area contributed by atoms with Crippen molar-refractivity contribution in [3.8, 4) is 0 Å². The SMILES string of the molecule is O=C(c1cc2ncc(Br)cn2n1)N1CCc2ccc(Br)cc2C1.O=C(c1cc2ncc(Cl)cn2n1)N1CCc2ccc(Br)cc2C1. The molecular weight excluding hydrogens is 804 g/mol. The molecule has 2 amide bonds. The topological polar surface area (TPSA) is 101 Å². The summed E-state index contributed by atoms with van der Waals surface area (Å²) >= 11 is 16.2. The van der Waals surface area contributed by atoms with Gasteiger partial charge in [-0.3, -0.25) is 9.59 Å². The van der Waals surface area contributed by atoms with E-state index in [0.717, 1.165) is 26.3 Å². The van der Waals surface area contributed by atoms with Crippen LogP contribution >= 0.6 is 59.4 Å². The summed E-state index contributed by atoms with van der Waals surface area (Å²) in [4.78, 5) is 37.6. The lowest BCUT2D eigenvalue weighted by atomic mass is 10.00. The maximum atomic E-state index is 12.7. The van der Waals surface area contributed by atoms with E-state index < -0.39 is 0 Å². The summed E-state index contributed by atoms with van der Waals surface area (Å²) in [7, 11) is 0. The Balaban J connectivity index is 0.000000147. The Kier molecular flexibility index (Phi) is 8.66. The lowest BCUT2D eigenvalue weighted by molar-refractivity contribution is 0.0721. The lowest BCUT2D eigenvalue weighted by Gasteiger charge is -2.28. The third kappa shape index (κ3) is 6.46. The van der Waals surface area contributed by atoms with E-state index >= 15 is 0 Å². The molecule has 0 fully saturated rings. The fourth-order valence-corrected chi connectivity index (χ4v) is 6.89. The number of nitrogens with zero attached hydrogens (tertiary/aromatic N) is 8. The van der Waals surface area contributed by atoms with Crippen LogP contribution < -0.4 is 0 Å². The van der Waals surface area contributed by atoms with Crippen molar-refractivity contribution in [1.82, 2.24) is 39.0 Å². The molecule has 0 atom stereocenters. The zero-order chi connectivity index (χ0) is 31.9. The number of amides is 2. The van der Waals surface area contributed by atoms with Crippen molar-refractivity contribution in [2.75, 3.05) is 13.1 Å². The normalized spacial score (nSPS) is 14.1. The van der Waals surface area contributed by atoms with E-state index in [1.165, 1.54) is 26.8 Å². The van der Waals surface area contributed by atoms with Crippen LogP contribution in [0.3, 0.4) is 0 Å². The van der Waals surface area contributed by atoms with Crippen LogP contribution in [0.4, 0.5) is 0 Å². The zero-order valence-electron chi connectivity index (χ0n) is 24.1. The lowest BCUT2D eigenvalue weighted by Crippen LogP contribution is -2.36. The Morgan fingerprint density at radius 2 is 1.13 bits per heavy atom. The number of rotatable bonds is 2. The molecule has 10 nitrogen and oxygen atoms in total. The van der Waals surface area contributed by atoms with E-state index in [1.807, 2.05) is 21.9 Å². The Labute approximate surface area is 293 Å². The van der Waals surface area contributed by atoms with E-state index in [9.17, 15) is 9.59 Å². The summed E-state index contributed by atoms with van der Waals surface area (Å²) in [6.07, 6.45) is 8.39. The molecule has 2 aliphatic heterocycles. The summed E-state index contributed by atoms with van der Waals surface area (Å²) in [5.41, 5.74) is 7.04. The van der Waals surface area contributed by atoms with Gasteiger partial charge >= 0.3 is 0 Å². The molecular formula is C32H24Br3ClN8O2. The molecule has 6 heterocycles. The van der Waals surface area contributed by atoms with E-state index in [0.29, 0.717) is 53.9 Å². The second kappa shape index (κ2) is 12.9. The Morgan fingerprint density at radius 3 is 1.67 bits per heavy atom. The first-order valence-electron chi connectivity index (χ1n) is 14.4. The van der Waals surface area contributed by atoms with Crippen LogP contribution in [-0.2, 0) is 25.9 Å². The summed E-state index contributed by atoms with van der Waals surface area (Å²) in [6.45, 7) is 2.60. The minimum absolute atomic E-state index is 0.0581. The highest BCUT2D eigenvalue weighted by atomic mass is 79.9. The van der Waals surface area contributed by atoms with Crippen LogP contribution in [0.15, 0.2) is 86.7 Å². The molecule has 14 heteroatoms. The van der Waals surface area contributed by atoms with Gasteiger partial charge in [-0.05, 0) is 75.3 Å². The van der Waals surface area contributed by atoms with Crippen molar-refractivity contribution in [3.05, 3.63) is 125 Å². The highest BCUT2D eigenvalue weighted by Crippen LogP contribution is 2.25. The molecule has 0 bridgehead atoms. The molecule has 0 unspecified atom stereocenters. The highest BCUT2D eigenvalue weighted by Gasteiger charge is 2.25. The average Bonchev–Trinajstić information content (AvgIpc) is 3.67. The monoisotopic (exact) mass is 824 g/mol. The highest BCUT2D eigenvalue weighted by molar-refractivity contribution is 9.11. The fourth-order valence-electron chi connectivity index (χ4n) is 5.64. The van der Waals surface area contributed by atoms with Crippen molar-refractivity contribution in [2.24, 2.45) is 0 Å². The number of halogens is 4. The van der Waals surface area contributed by atoms with Crippen LogP contribution in [0, 0.1) is 0 Å². The molecule has 46 heavy (non-hydrogen) atoms. The smallest absolute Gasteiger partial charge is 0.274 e. The second-order valence-corrected chi connectivity index (χ2v) is 14.2. The van der Waals surface area contributed by atoms with Crippen molar-refractivity contribution < 1.29 is 9.59 Å². The van der Waals surface area contributed by atoms with Crippen LogP contribution in [0.1, 0.15) is 43.2 Å². The van der Waals surface area contributed by atoms with Gasteiger partial charge in [0, 0.05) is 65.8 Å². The van der Waals surface area contributed by atoms with Crippen molar-refractivity contribution >= 4 is 82.5 Å². The van der Waals surface area contributed by atoms with Crippen molar-refractivity contribution in [3.63, 3.8) is 0 Å². The minimum Gasteiger partial charge on any atom is -0.333 e.